The molecule has 5 nitrogen and oxygen atoms in total. The summed E-state index contributed by atoms with van der Waals surface area (Å²) >= 11 is 1.43. The van der Waals surface area contributed by atoms with E-state index in [1.807, 2.05) is 20.8 Å². The van der Waals surface area contributed by atoms with Crippen LogP contribution in [0.5, 0.6) is 0 Å². The van der Waals surface area contributed by atoms with Gasteiger partial charge in [-0.3, -0.25) is 4.79 Å². The molecule has 1 aromatic rings. The molecule has 1 amide bonds. The second kappa shape index (κ2) is 6.15. The van der Waals surface area contributed by atoms with E-state index in [4.69, 9.17) is 4.74 Å². The number of methoxy groups -OCH3 is 1. The number of ether oxygens (including phenoxy) is 1. The first-order chi connectivity index (χ1) is 9.95. The highest BCUT2D eigenvalue weighted by Crippen LogP contribution is 2.36. The Morgan fingerprint density at radius 3 is 2.67 bits per heavy atom. The van der Waals surface area contributed by atoms with Crippen molar-refractivity contribution in [1.29, 1.82) is 0 Å². The van der Waals surface area contributed by atoms with Crippen LogP contribution in [0, 0.1) is 19.3 Å². The van der Waals surface area contributed by atoms with Crippen LogP contribution >= 0.6 is 11.3 Å². The van der Waals surface area contributed by atoms with Crippen LogP contribution in [-0.4, -0.2) is 32.1 Å². The smallest absolute Gasteiger partial charge is 0.341 e. The zero-order valence-corrected chi connectivity index (χ0v) is 13.8. The Morgan fingerprint density at radius 1 is 1.43 bits per heavy atom. The molecule has 0 spiro atoms. The summed E-state index contributed by atoms with van der Waals surface area (Å²) in [5.41, 5.74) is 0.974. The second-order valence-corrected chi connectivity index (χ2v) is 6.72. The average Bonchev–Trinajstić information content (AvgIpc) is 3.05. The fraction of sp³-hybridized carbons (Fsp3) is 0.600. The minimum Gasteiger partial charge on any atom is -0.465 e. The molecule has 1 aliphatic heterocycles. The third kappa shape index (κ3) is 2.82. The zero-order valence-electron chi connectivity index (χ0n) is 13.0. The Hall–Kier alpha value is -1.40. The van der Waals surface area contributed by atoms with Gasteiger partial charge < -0.3 is 15.4 Å². The van der Waals surface area contributed by atoms with Crippen LogP contribution in [0.15, 0.2) is 0 Å². The molecular weight excluding hydrogens is 288 g/mol. The number of thiophene rings is 1. The summed E-state index contributed by atoms with van der Waals surface area (Å²) in [5, 5.41) is 6.81. The maximum Gasteiger partial charge on any atom is 0.341 e. The topological polar surface area (TPSA) is 67.4 Å². The minimum absolute atomic E-state index is 0.0126. The third-order valence-corrected chi connectivity index (χ3v) is 5.53. The lowest BCUT2D eigenvalue weighted by molar-refractivity contribution is -0.124. The van der Waals surface area contributed by atoms with Crippen LogP contribution in [0.2, 0.25) is 0 Å². The first-order valence-corrected chi connectivity index (χ1v) is 7.97. The molecule has 116 valence electrons. The van der Waals surface area contributed by atoms with E-state index in [2.05, 4.69) is 10.6 Å². The molecule has 1 unspecified atom stereocenters. The van der Waals surface area contributed by atoms with Gasteiger partial charge in [0.2, 0.25) is 5.91 Å². The molecule has 0 aliphatic carbocycles. The number of hydrogen-bond donors (Lipinski definition) is 2. The van der Waals surface area contributed by atoms with Crippen molar-refractivity contribution in [3.05, 3.63) is 16.0 Å². The van der Waals surface area contributed by atoms with Gasteiger partial charge >= 0.3 is 5.97 Å². The number of amides is 1. The van der Waals surface area contributed by atoms with Gasteiger partial charge in [0.05, 0.1) is 18.1 Å². The van der Waals surface area contributed by atoms with Crippen molar-refractivity contribution in [2.45, 2.75) is 33.6 Å². The predicted molar refractivity (Wildman–Crippen MR) is 84.0 cm³/mol. The normalized spacial score (nSPS) is 21.3. The Bertz CT molecular complexity index is 560. The fourth-order valence-corrected chi connectivity index (χ4v) is 3.74. The molecule has 2 N–H and O–H groups in total. The van der Waals surface area contributed by atoms with E-state index in [0.717, 1.165) is 29.8 Å². The van der Waals surface area contributed by atoms with Gasteiger partial charge in [-0.2, -0.15) is 0 Å². The molecule has 1 saturated heterocycles. The zero-order chi connectivity index (χ0) is 15.6. The van der Waals surface area contributed by atoms with E-state index < -0.39 is 5.97 Å². The SMILES string of the molecule is CCC1(C(=O)Nc2sc(C)c(C)c2C(=O)OC)CCNC1. The molecule has 1 aliphatic rings. The summed E-state index contributed by atoms with van der Waals surface area (Å²) in [4.78, 5) is 25.6. The van der Waals surface area contributed by atoms with Crippen molar-refractivity contribution in [1.82, 2.24) is 5.32 Å². The van der Waals surface area contributed by atoms with Crippen molar-refractivity contribution in [3.8, 4) is 0 Å². The van der Waals surface area contributed by atoms with Gasteiger partial charge in [0.1, 0.15) is 5.00 Å². The third-order valence-electron chi connectivity index (χ3n) is 4.40. The molecular formula is C15H22N2O3S. The van der Waals surface area contributed by atoms with E-state index in [9.17, 15) is 9.59 Å². The Morgan fingerprint density at radius 2 is 2.14 bits per heavy atom. The lowest BCUT2D eigenvalue weighted by Gasteiger charge is -2.25. The van der Waals surface area contributed by atoms with Gasteiger partial charge in [-0.25, -0.2) is 4.79 Å². The van der Waals surface area contributed by atoms with Gasteiger partial charge in [0.25, 0.3) is 0 Å². The molecule has 2 rings (SSSR count). The Labute approximate surface area is 129 Å². The van der Waals surface area contributed by atoms with Crippen molar-refractivity contribution < 1.29 is 14.3 Å². The van der Waals surface area contributed by atoms with Crippen molar-refractivity contribution in [3.63, 3.8) is 0 Å². The fourth-order valence-electron chi connectivity index (χ4n) is 2.70. The maximum atomic E-state index is 12.7. The summed E-state index contributed by atoms with van der Waals surface area (Å²) in [7, 11) is 1.36. The number of hydrogen-bond acceptors (Lipinski definition) is 5. The van der Waals surface area contributed by atoms with Crippen LogP contribution < -0.4 is 10.6 Å². The molecule has 0 aromatic carbocycles. The van der Waals surface area contributed by atoms with Gasteiger partial charge in [0, 0.05) is 11.4 Å². The van der Waals surface area contributed by atoms with Crippen LogP contribution in [0.25, 0.3) is 0 Å². The van der Waals surface area contributed by atoms with E-state index >= 15 is 0 Å². The summed E-state index contributed by atoms with van der Waals surface area (Å²) in [6.45, 7) is 7.38. The highest BCUT2D eigenvalue weighted by molar-refractivity contribution is 7.16. The standard InChI is InChI=1S/C15H22N2O3S/c1-5-15(6-7-16-8-15)14(19)17-12-11(13(18)20-4)9(2)10(3)21-12/h16H,5-8H2,1-4H3,(H,17,19). The number of nitrogens with one attached hydrogen (secondary N) is 2. The minimum atomic E-state index is -0.401. The second-order valence-electron chi connectivity index (χ2n) is 5.49. The van der Waals surface area contributed by atoms with Gasteiger partial charge in [0.15, 0.2) is 0 Å². The van der Waals surface area contributed by atoms with E-state index in [1.54, 1.807) is 0 Å². The Balaban J connectivity index is 2.29. The van der Waals surface area contributed by atoms with Gasteiger partial charge in [-0.1, -0.05) is 6.92 Å². The van der Waals surface area contributed by atoms with Gasteiger partial charge in [-0.05, 0) is 38.8 Å². The molecule has 0 bridgehead atoms. The maximum absolute atomic E-state index is 12.7. The van der Waals surface area contributed by atoms with Crippen LogP contribution in [0.1, 0.15) is 40.6 Å². The first-order valence-electron chi connectivity index (χ1n) is 7.15. The molecule has 2 heterocycles. The number of esters is 1. The molecule has 1 atom stereocenters. The summed E-state index contributed by atoms with van der Waals surface area (Å²) in [6.07, 6.45) is 1.61. The number of carbonyl (C=O) groups is 2. The number of anilines is 1. The molecule has 21 heavy (non-hydrogen) atoms. The quantitative estimate of drug-likeness (QED) is 0.838. The Kier molecular flexibility index (Phi) is 4.68. The first kappa shape index (κ1) is 16.0. The average molecular weight is 310 g/mol. The van der Waals surface area contributed by atoms with Crippen LogP contribution in [0.4, 0.5) is 5.00 Å². The lowest BCUT2D eigenvalue weighted by atomic mass is 9.83. The highest BCUT2D eigenvalue weighted by Gasteiger charge is 2.40. The molecule has 1 aromatic heterocycles. The van der Waals surface area contributed by atoms with Crippen LogP contribution in [-0.2, 0) is 9.53 Å². The van der Waals surface area contributed by atoms with Crippen LogP contribution in [0.3, 0.4) is 0 Å². The van der Waals surface area contributed by atoms with Crippen molar-refractivity contribution >= 4 is 28.2 Å². The molecule has 1 fully saturated rings. The molecule has 0 radical (unpaired) electrons. The predicted octanol–water partition coefficient (Wildman–Crippen LogP) is 2.48. The summed E-state index contributed by atoms with van der Waals surface area (Å²) in [5.74, 6) is -0.413. The summed E-state index contributed by atoms with van der Waals surface area (Å²) < 4.78 is 4.83. The summed E-state index contributed by atoms with van der Waals surface area (Å²) in [6, 6.07) is 0. The monoisotopic (exact) mass is 310 g/mol. The van der Waals surface area contributed by atoms with Gasteiger partial charge in [-0.15, -0.1) is 11.3 Å². The highest BCUT2D eigenvalue weighted by atomic mass is 32.1. The lowest BCUT2D eigenvalue weighted by Crippen LogP contribution is -2.37. The largest absolute Gasteiger partial charge is 0.465 e. The molecule has 6 heteroatoms. The number of carbonyl (C=O) groups excluding carboxylic acids is 2. The van der Waals surface area contributed by atoms with E-state index in [-0.39, 0.29) is 11.3 Å². The number of rotatable bonds is 4. The van der Waals surface area contributed by atoms with Crippen molar-refractivity contribution in [2.75, 3.05) is 25.5 Å². The van der Waals surface area contributed by atoms with E-state index in [1.165, 1.54) is 18.4 Å². The van der Waals surface area contributed by atoms with E-state index in [0.29, 0.717) is 17.1 Å². The molecule has 0 saturated carbocycles. The van der Waals surface area contributed by atoms with Crippen molar-refractivity contribution in [2.24, 2.45) is 5.41 Å². The number of aryl methyl sites for hydroxylation is 1.